The highest BCUT2D eigenvalue weighted by Gasteiger charge is 2.32. The number of rotatable bonds is 3. The van der Waals surface area contributed by atoms with Crippen LogP contribution in [0.5, 0.6) is 5.75 Å². The van der Waals surface area contributed by atoms with Gasteiger partial charge in [-0.3, -0.25) is 0 Å². The van der Waals surface area contributed by atoms with Gasteiger partial charge in [0.2, 0.25) is 0 Å². The fraction of sp³-hybridized carbons (Fsp3) is 0.143. The Morgan fingerprint density at radius 3 is 2.25 bits per heavy atom. The highest BCUT2D eigenvalue weighted by atomic mass is 79.9. The second kappa shape index (κ2) is 5.85. The van der Waals surface area contributed by atoms with Crippen LogP contribution in [0.15, 0.2) is 46.9 Å². The summed E-state index contributed by atoms with van der Waals surface area (Å²) in [5.74, 6) is -0.266. The molecular weight excluding hydrogens is 337 g/mol. The van der Waals surface area contributed by atoms with Gasteiger partial charge in [0.15, 0.2) is 0 Å². The van der Waals surface area contributed by atoms with Crippen molar-refractivity contribution in [3.8, 4) is 16.9 Å². The maximum atomic E-state index is 12.4. The van der Waals surface area contributed by atoms with Gasteiger partial charge in [-0.2, -0.15) is 0 Å². The molecule has 0 amide bonds. The molecule has 0 bridgehead atoms. The quantitative estimate of drug-likeness (QED) is 0.886. The van der Waals surface area contributed by atoms with Gasteiger partial charge in [0.25, 0.3) is 0 Å². The van der Waals surface area contributed by atoms with Crippen molar-refractivity contribution in [2.75, 3.05) is 0 Å². The zero-order valence-electron chi connectivity index (χ0n) is 10.1. The standard InChI is InChI=1S/C14H10BrF3O2/c15-11-5-6-13(20-14(16,17)18)12(7-11)10-3-1-9(8-19)2-4-10/h1-7,19H,8H2. The van der Waals surface area contributed by atoms with E-state index < -0.39 is 6.36 Å². The van der Waals surface area contributed by atoms with Crippen molar-refractivity contribution in [2.45, 2.75) is 13.0 Å². The lowest BCUT2D eigenvalue weighted by atomic mass is 10.0. The van der Waals surface area contributed by atoms with E-state index in [4.69, 9.17) is 5.11 Å². The number of alkyl halides is 3. The number of hydrogen-bond donors (Lipinski definition) is 1. The molecule has 6 heteroatoms. The van der Waals surface area contributed by atoms with Crippen LogP contribution in [0.25, 0.3) is 11.1 Å². The zero-order valence-corrected chi connectivity index (χ0v) is 11.7. The smallest absolute Gasteiger partial charge is 0.405 e. The molecule has 0 aliphatic carbocycles. The molecule has 0 spiro atoms. The Kier molecular flexibility index (Phi) is 4.35. The van der Waals surface area contributed by atoms with E-state index in [9.17, 15) is 13.2 Å². The van der Waals surface area contributed by atoms with Crippen molar-refractivity contribution in [1.29, 1.82) is 0 Å². The predicted octanol–water partition coefficient (Wildman–Crippen LogP) is 4.51. The molecule has 1 N–H and O–H groups in total. The van der Waals surface area contributed by atoms with Gasteiger partial charge in [0.1, 0.15) is 5.75 Å². The van der Waals surface area contributed by atoms with Crippen molar-refractivity contribution in [2.24, 2.45) is 0 Å². The first-order chi connectivity index (χ1) is 9.39. The number of aliphatic hydroxyl groups excluding tert-OH is 1. The molecule has 0 saturated heterocycles. The largest absolute Gasteiger partial charge is 0.573 e. The summed E-state index contributed by atoms with van der Waals surface area (Å²) in [5, 5.41) is 8.97. The molecule has 20 heavy (non-hydrogen) atoms. The van der Waals surface area contributed by atoms with Crippen LogP contribution in [0.3, 0.4) is 0 Å². The van der Waals surface area contributed by atoms with Crippen LogP contribution in [-0.2, 0) is 6.61 Å². The number of halogens is 4. The van der Waals surface area contributed by atoms with Crippen LogP contribution >= 0.6 is 15.9 Å². The first kappa shape index (κ1) is 14.9. The van der Waals surface area contributed by atoms with Gasteiger partial charge < -0.3 is 9.84 Å². The summed E-state index contributed by atoms with van der Waals surface area (Å²) in [4.78, 5) is 0. The van der Waals surface area contributed by atoms with E-state index >= 15 is 0 Å². The molecule has 2 aromatic carbocycles. The SMILES string of the molecule is OCc1ccc(-c2cc(Br)ccc2OC(F)(F)F)cc1. The third-order valence-electron chi connectivity index (χ3n) is 2.61. The first-order valence-electron chi connectivity index (χ1n) is 5.64. The van der Waals surface area contributed by atoms with Crippen LogP contribution in [-0.4, -0.2) is 11.5 Å². The van der Waals surface area contributed by atoms with Crippen LogP contribution in [0.2, 0.25) is 0 Å². The first-order valence-corrected chi connectivity index (χ1v) is 6.44. The minimum Gasteiger partial charge on any atom is -0.405 e. The number of ether oxygens (including phenoxy) is 1. The van der Waals surface area contributed by atoms with E-state index in [0.717, 1.165) is 0 Å². The molecule has 0 aliphatic rings. The lowest BCUT2D eigenvalue weighted by Crippen LogP contribution is -2.17. The number of hydrogen-bond acceptors (Lipinski definition) is 2. The third kappa shape index (κ3) is 3.74. The highest BCUT2D eigenvalue weighted by Crippen LogP contribution is 2.35. The van der Waals surface area contributed by atoms with Crippen LogP contribution in [0, 0.1) is 0 Å². The summed E-state index contributed by atoms with van der Waals surface area (Å²) in [6, 6.07) is 10.9. The van der Waals surface area contributed by atoms with Gasteiger partial charge in [0.05, 0.1) is 6.61 Å². The lowest BCUT2D eigenvalue weighted by Gasteiger charge is -2.14. The van der Waals surface area contributed by atoms with Crippen LogP contribution in [0.4, 0.5) is 13.2 Å². The molecular formula is C14H10BrF3O2. The molecule has 2 rings (SSSR count). The number of benzene rings is 2. The molecule has 0 unspecified atom stereocenters. The van der Waals surface area contributed by atoms with Crippen molar-refractivity contribution < 1.29 is 23.0 Å². The van der Waals surface area contributed by atoms with Gasteiger partial charge in [-0.05, 0) is 29.3 Å². The van der Waals surface area contributed by atoms with Crippen molar-refractivity contribution >= 4 is 15.9 Å². The lowest BCUT2D eigenvalue weighted by molar-refractivity contribution is -0.274. The Morgan fingerprint density at radius 2 is 1.70 bits per heavy atom. The van der Waals surface area contributed by atoms with Crippen LogP contribution < -0.4 is 4.74 Å². The maximum absolute atomic E-state index is 12.4. The van der Waals surface area contributed by atoms with E-state index in [0.29, 0.717) is 21.2 Å². The highest BCUT2D eigenvalue weighted by molar-refractivity contribution is 9.10. The second-order valence-corrected chi connectivity index (χ2v) is 4.96. The second-order valence-electron chi connectivity index (χ2n) is 4.04. The van der Waals surface area contributed by atoms with Crippen molar-refractivity contribution in [3.63, 3.8) is 0 Å². The average Bonchev–Trinajstić information content (AvgIpc) is 2.39. The molecule has 0 aliphatic heterocycles. The molecule has 0 heterocycles. The molecule has 0 saturated carbocycles. The van der Waals surface area contributed by atoms with Gasteiger partial charge >= 0.3 is 6.36 Å². The monoisotopic (exact) mass is 346 g/mol. The summed E-state index contributed by atoms with van der Waals surface area (Å²) < 4.78 is 41.8. The molecule has 0 fully saturated rings. The Morgan fingerprint density at radius 1 is 1.05 bits per heavy atom. The van der Waals surface area contributed by atoms with Gasteiger partial charge in [0, 0.05) is 10.0 Å². The summed E-state index contributed by atoms with van der Waals surface area (Å²) in [7, 11) is 0. The molecule has 0 atom stereocenters. The topological polar surface area (TPSA) is 29.5 Å². The fourth-order valence-electron chi connectivity index (χ4n) is 1.73. The number of aliphatic hydroxyl groups is 1. The molecule has 2 nitrogen and oxygen atoms in total. The minimum atomic E-state index is -4.74. The predicted molar refractivity (Wildman–Crippen MR) is 72.2 cm³/mol. The van der Waals surface area contributed by atoms with Crippen LogP contribution in [0.1, 0.15) is 5.56 Å². The van der Waals surface area contributed by atoms with E-state index in [2.05, 4.69) is 20.7 Å². The Balaban J connectivity index is 2.45. The van der Waals surface area contributed by atoms with Gasteiger partial charge in [-0.1, -0.05) is 40.2 Å². The zero-order chi connectivity index (χ0) is 14.8. The minimum absolute atomic E-state index is 0.120. The van der Waals surface area contributed by atoms with Crippen molar-refractivity contribution in [1.82, 2.24) is 0 Å². The average molecular weight is 347 g/mol. The molecule has 0 radical (unpaired) electrons. The summed E-state index contributed by atoms with van der Waals surface area (Å²) in [5.41, 5.74) is 1.57. The Hall–Kier alpha value is -1.53. The Bertz CT molecular complexity index is 594. The van der Waals surface area contributed by atoms with E-state index in [1.807, 2.05) is 0 Å². The van der Waals surface area contributed by atoms with E-state index in [-0.39, 0.29) is 12.4 Å². The molecule has 106 valence electrons. The molecule has 0 aromatic heterocycles. The maximum Gasteiger partial charge on any atom is 0.573 e. The summed E-state index contributed by atoms with van der Waals surface area (Å²) >= 11 is 3.22. The molecule has 2 aromatic rings. The normalized spacial score (nSPS) is 11.4. The summed E-state index contributed by atoms with van der Waals surface area (Å²) in [6.45, 7) is -0.120. The third-order valence-corrected chi connectivity index (χ3v) is 3.11. The van der Waals surface area contributed by atoms with Gasteiger partial charge in [-0.15, -0.1) is 13.2 Å². The van der Waals surface area contributed by atoms with E-state index in [1.165, 1.54) is 12.1 Å². The Labute approximate surface area is 121 Å². The van der Waals surface area contributed by atoms with Crippen molar-refractivity contribution in [3.05, 3.63) is 52.5 Å². The summed E-state index contributed by atoms with van der Waals surface area (Å²) in [6.07, 6.45) is -4.74. The van der Waals surface area contributed by atoms with Gasteiger partial charge in [-0.25, -0.2) is 0 Å². The fourth-order valence-corrected chi connectivity index (χ4v) is 2.09. The van der Waals surface area contributed by atoms with E-state index in [1.54, 1.807) is 30.3 Å².